The molecule has 6 nitrogen and oxygen atoms in total. The predicted molar refractivity (Wildman–Crippen MR) is 107 cm³/mol. The van der Waals surface area contributed by atoms with Crippen molar-refractivity contribution < 1.29 is 40.3 Å². The Morgan fingerprint density at radius 3 is 1.94 bits per heavy atom. The van der Waals surface area contributed by atoms with Crippen molar-refractivity contribution in [3.8, 4) is 0 Å². The SMILES string of the molecule is O=C(O)CCN(CCN(C1CC1)S(=O)(=O)c1c(F)c(F)c(F)c(F)c1F)Cc1ccccc1. The molecule has 1 saturated carbocycles. The molecule has 0 radical (unpaired) electrons. The summed E-state index contributed by atoms with van der Waals surface area (Å²) in [7, 11) is -5.07. The Hall–Kier alpha value is -2.57. The van der Waals surface area contributed by atoms with Crippen molar-refractivity contribution in [1.82, 2.24) is 9.21 Å². The molecule has 0 saturated heterocycles. The summed E-state index contributed by atoms with van der Waals surface area (Å²) < 4.78 is 95.8. The lowest BCUT2D eigenvalue weighted by Gasteiger charge is -2.27. The van der Waals surface area contributed by atoms with Gasteiger partial charge in [0.15, 0.2) is 28.2 Å². The van der Waals surface area contributed by atoms with Crippen LogP contribution in [0.4, 0.5) is 22.0 Å². The Bertz CT molecular complexity index is 1100. The summed E-state index contributed by atoms with van der Waals surface area (Å²) >= 11 is 0. The highest BCUT2D eigenvalue weighted by Gasteiger charge is 2.43. The van der Waals surface area contributed by atoms with Crippen molar-refractivity contribution >= 4 is 16.0 Å². The van der Waals surface area contributed by atoms with Gasteiger partial charge in [0, 0.05) is 32.2 Å². The zero-order valence-electron chi connectivity index (χ0n) is 17.3. The quantitative estimate of drug-likeness (QED) is 0.295. The van der Waals surface area contributed by atoms with Crippen LogP contribution in [-0.4, -0.2) is 54.4 Å². The Kier molecular flexibility index (Phi) is 7.70. The Morgan fingerprint density at radius 1 is 0.879 bits per heavy atom. The summed E-state index contributed by atoms with van der Waals surface area (Å²) in [6, 6.07) is 8.26. The molecule has 0 bridgehead atoms. The van der Waals surface area contributed by atoms with Crippen LogP contribution < -0.4 is 0 Å². The molecule has 12 heteroatoms. The fourth-order valence-corrected chi connectivity index (χ4v) is 5.19. The van der Waals surface area contributed by atoms with Gasteiger partial charge in [0.2, 0.25) is 15.8 Å². The van der Waals surface area contributed by atoms with E-state index in [0.29, 0.717) is 12.8 Å². The minimum absolute atomic E-state index is 0.0205. The fraction of sp³-hybridized carbons (Fsp3) is 0.381. The molecule has 0 spiro atoms. The topological polar surface area (TPSA) is 77.9 Å². The number of hydrogen-bond acceptors (Lipinski definition) is 4. The molecule has 0 heterocycles. The van der Waals surface area contributed by atoms with Crippen molar-refractivity contribution in [3.63, 3.8) is 0 Å². The van der Waals surface area contributed by atoms with Crippen molar-refractivity contribution in [1.29, 1.82) is 0 Å². The van der Waals surface area contributed by atoms with E-state index in [2.05, 4.69) is 0 Å². The second kappa shape index (κ2) is 10.1. The van der Waals surface area contributed by atoms with E-state index in [9.17, 15) is 35.2 Å². The van der Waals surface area contributed by atoms with Crippen LogP contribution in [0.1, 0.15) is 24.8 Å². The number of sulfonamides is 1. The number of nitrogens with zero attached hydrogens (tertiary/aromatic N) is 2. The largest absolute Gasteiger partial charge is 0.481 e. The Labute approximate surface area is 187 Å². The van der Waals surface area contributed by atoms with Crippen molar-refractivity contribution in [2.24, 2.45) is 0 Å². The van der Waals surface area contributed by atoms with E-state index in [0.717, 1.165) is 9.87 Å². The molecule has 2 aromatic rings. The highest BCUT2D eigenvalue weighted by molar-refractivity contribution is 7.89. The minimum Gasteiger partial charge on any atom is -0.481 e. The third kappa shape index (κ3) is 5.68. The van der Waals surface area contributed by atoms with Crippen molar-refractivity contribution in [3.05, 3.63) is 65.0 Å². The van der Waals surface area contributed by atoms with Crippen LogP contribution in [0.5, 0.6) is 0 Å². The highest BCUT2D eigenvalue weighted by atomic mass is 32.2. The third-order valence-corrected chi connectivity index (χ3v) is 7.19. The molecule has 1 aliphatic carbocycles. The minimum atomic E-state index is -5.07. The van der Waals surface area contributed by atoms with E-state index in [-0.39, 0.29) is 32.6 Å². The number of carboxylic acids is 1. The third-order valence-electron chi connectivity index (χ3n) is 5.22. The normalized spacial score (nSPS) is 14.3. The molecular weight excluding hydrogens is 471 g/mol. The van der Waals surface area contributed by atoms with Gasteiger partial charge in [-0.1, -0.05) is 30.3 Å². The highest BCUT2D eigenvalue weighted by Crippen LogP contribution is 2.35. The molecule has 3 rings (SSSR count). The van der Waals surface area contributed by atoms with Crippen molar-refractivity contribution in [2.45, 2.75) is 36.7 Å². The molecule has 0 unspecified atom stereocenters. The first kappa shape index (κ1) is 25.1. The zero-order chi connectivity index (χ0) is 24.3. The number of hydrogen-bond donors (Lipinski definition) is 1. The van der Waals surface area contributed by atoms with Gasteiger partial charge < -0.3 is 5.11 Å². The van der Waals surface area contributed by atoms with E-state index in [4.69, 9.17) is 5.11 Å². The molecule has 2 aromatic carbocycles. The average Bonchev–Trinajstić information content (AvgIpc) is 3.60. The molecular formula is C21H21F5N2O4S. The fourth-order valence-electron chi connectivity index (χ4n) is 3.40. The number of aliphatic carboxylic acids is 1. The molecule has 1 fully saturated rings. The van der Waals surface area contributed by atoms with E-state index < -0.39 is 56.0 Å². The number of carboxylic acid groups (broad SMARTS) is 1. The van der Waals surface area contributed by atoms with Crippen LogP contribution in [0.15, 0.2) is 35.2 Å². The van der Waals surface area contributed by atoms with Gasteiger partial charge in [0.05, 0.1) is 6.42 Å². The summed E-state index contributed by atoms with van der Waals surface area (Å²) in [6.07, 6.45) is 0.492. The summed E-state index contributed by atoms with van der Waals surface area (Å²) in [6.45, 7) is -0.00718. The van der Waals surface area contributed by atoms with Crippen LogP contribution in [0.2, 0.25) is 0 Å². The first-order valence-electron chi connectivity index (χ1n) is 10.1. The number of halogens is 5. The van der Waals surface area contributed by atoms with E-state index in [1.165, 1.54) is 0 Å². The first-order chi connectivity index (χ1) is 15.5. The van der Waals surface area contributed by atoms with E-state index in [1.54, 1.807) is 35.2 Å². The predicted octanol–water partition coefficient (Wildman–Crippen LogP) is 3.51. The van der Waals surface area contributed by atoms with E-state index in [1.807, 2.05) is 0 Å². The van der Waals surface area contributed by atoms with Crippen LogP contribution in [-0.2, 0) is 21.4 Å². The van der Waals surface area contributed by atoms with Gasteiger partial charge in [-0.15, -0.1) is 0 Å². The number of benzene rings is 2. The standard InChI is InChI=1S/C21H21F5N2O4S/c22-16-17(23)19(25)21(20(26)18(16)24)33(31,32)28(14-6-7-14)11-10-27(9-8-15(29)30)12-13-4-2-1-3-5-13/h1-5,14H,6-12H2,(H,29,30). The van der Waals surface area contributed by atoms with Crippen LogP contribution >= 0.6 is 0 Å². The first-order valence-corrected chi connectivity index (χ1v) is 11.5. The summed E-state index contributed by atoms with van der Waals surface area (Å²) in [5, 5.41) is 9.00. The molecule has 180 valence electrons. The van der Waals surface area contributed by atoms with Crippen LogP contribution in [0.25, 0.3) is 0 Å². The van der Waals surface area contributed by atoms with Gasteiger partial charge in [-0.05, 0) is 18.4 Å². The monoisotopic (exact) mass is 492 g/mol. The van der Waals surface area contributed by atoms with Gasteiger partial charge in [-0.2, -0.15) is 4.31 Å². The molecule has 1 N–H and O–H groups in total. The molecule has 33 heavy (non-hydrogen) atoms. The van der Waals surface area contributed by atoms with Gasteiger partial charge in [0.25, 0.3) is 0 Å². The Morgan fingerprint density at radius 2 is 1.42 bits per heavy atom. The van der Waals surface area contributed by atoms with Gasteiger partial charge in [-0.25, -0.2) is 30.4 Å². The van der Waals surface area contributed by atoms with E-state index >= 15 is 0 Å². The lowest BCUT2D eigenvalue weighted by molar-refractivity contribution is -0.137. The van der Waals surface area contributed by atoms with Gasteiger partial charge in [0.1, 0.15) is 0 Å². The molecule has 1 aliphatic rings. The molecule has 0 aliphatic heterocycles. The second-order valence-corrected chi connectivity index (χ2v) is 9.48. The van der Waals surface area contributed by atoms with Gasteiger partial charge >= 0.3 is 5.97 Å². The maximum atomic E-state index is 14.2. The summed E-state index contributed by atoms with van der Waals surface area (Å²) in [5.41, 5.74) is 0.823. The van der Waals surface area contributed by atoms with Crippen LogP contribution in [0.3, 0.4) is 0 Å². The van der Waals surface area contributed by atoms with Crippen molar-refractivity contribution in [2.75, 3.05) is 19.6 Å². The zero-order valence-corrected chi connectivity index (χ0v) is 18.1. The van der Waals surface area contributed by atoms with Crippen LogP contribution in [0, 0.1) is 29.1 Å². The average molecular weight is 492 g/mol. The summed E-state index contributed by atoms with van der Waals surface area (Å²) in [4.78, 5) is 10.8. The lowest BCUT2D eigenvalue weighted by atomic mass is 10.2. The maximum absolute atomic E-state index is 14.2. The van der Waals surface area contributed by atoms with Gasteiger partial charge in [-0.3, -0.25) is 9.69 Å². The lowest BCUT2D eigenvalue weighted by Crippen LogP contribution is -2.41. The molecule has 0 atom stereocenters. The molecule has 0 amide bonds. The Balaban J connectivity index is 1.87. The smallest absolute Gasteiger partial charge is 0.304 e. The number of rotatable bonds is 11. The number of carbonyl (C=O) groups is 1. The second-order valence-electron chi connectivity index (χ2n) is 7.65. The molecule has 0 aromatic heterocycles. The maximum Gasteiger partial charge on any atom is 0.304 e. The summed E-state index contributed by atoms with van der Waals surface area (Å²) in [5.74, 6) is -13.0.